The zero-order valence-corrected chi connectivity index (χ0v) is 7.89. The molecule has 0 fully saturated rings. The summed E-state index contributed by atoms with van der Waals surface area (Å²) in [5, 5.41) is 0. The Morgan fingerprint density at radius 3 is 1.36 bits per heavy atom. The predicted molar refractivity (Wildman–Crippen MR) is 52.6 cm³/mol. The van der Waals surface area contributed by atoms with E-state index in [2.05, 4.69) is 48.6 Å². The van der Waals surface area contributed by atoms with Crippen LogP contribution in [0.15, 0.2) is 48.6 Å². The fraction of sp³-hybridized carbons (Fsp3) is 0.200. The molecule has 56 valence electrons. The van der Waals surface area contributed by atoms with Crippen LogP contribution in [-0.4, -0.2) is 9.52 Å². The molecule has 0 heterocycles. The number of hydrogen-bond donors (Lipinski definition) is 0. The van der Waals surface area contributed by atoms with Crippen LogP contribution in [0.25, 0.3) is 0 Å². The summed E-state index contributed by atoms with van der Waals surface area (Å²) < 4.78 is 0. The van der Waals surface area contributed by atoms with Crippen molar-refractivity contribution in [1.82, 2.24) is 0 Å². The average molecular weight is 160 g/mol. The summed E-state index contributed by atoms with van der Waals surface area (Å²) in [6.45, 7) is 0. The van der Waals surface area contributed by atoms with E-state index in [4.69, 9.17) is 0 Å². The molecule has 0 aromatic carbocycles. The normalized spacial score (nSPS) is 22.5. The summed E-state index contributed by atoms with van der Waals surface area (Å²) in [5.74, 6) is 0. The van der Waals surface area contributed by atoms with Gasteiger partial charge in [-0.25, -0.2) is 0 Å². The third-order valence-electron chi connectivity index (χ3n) is 2.20. The molecule has 2 rings (SSSR count). The van der Waals surface area contributed by atoms with E-state index in [1.807, 2.05) is 0 Å². The molecule has 0 aromatic rings. The highest BCUT2D eigenvalue weighted by Crippen LogP contribution is 2.23. The van der Waals surface area contributed by atoms with Crippen molar-refractivity contribution >= 4 is 9.52 Å². The van der Waals surface area contributed by atoms with Crippen LogP contribution in [0.3, 0.4) is 0 Å². The van der Waals surface area contributed by atoms with Crippen LogP contribution in [0.4, 0.5) is 0 Å². The molecule has 0 radical (unpaired) electrons. The van der Waals surface area contributed by atoms with E-state index in [1.165, 1.54) is 0 Å². The van der Waals surface area contributed by atoms with Gasteiger partial charge in [0.1, 0.15) is 0 Å². The molecule has 11 heavy (non-hydrogen) atoms. The van der Waals surface area contributed by atoms with Gasteiger partial charge < -0.3 is 0 Å². The molecular weight excluding hydrogens is 148 g/mol. The van der Waals surface area contributed by atoms with Gasteiger partial charge in [-0.1, -0.05) is 48.6 Å². The summed E-state index contributed by atoms with van der Waals surface area (Å²) in [4.78, 5) is 0. The molecule has 1 heteroatoms. The topological polar surface area (TPSA) is 0 Å². The summed E-state index contributed by atoms with van der Waals surface area (Å²) in [5.41, 5.74) is 1.62. The number of rotatable bonds is 2. The summed E-state index contributed by atoms with van der Waals surface area (Å²) in [6, 6.07) is 0. The molecule has 0 nitrogen and oxygen atoms in total. The van der Waals surface area contributed by atoms with Gasteiger partial charge in [-0.05, 0) is 11.1 Å². The van der Waals surface area contributed by atoms with E-state index in [9.17, 15) is 0 Å². The van der Waals surface area contributed by atoms with Crippen LogP contribution in [0.2, 0.25) is 11.1 Å². The standard InChI is InChI=1S/C10H12Si/c1-2-6-9(5-1)11-10-7-3-4-8-10/h1-10H,11H2. The van der Waals surface area contributed by atoms with Crippen LogP contribution < -0.4 is 0 Å². The Kier molecular flexibility index (Phi) is 1.90. The van der Waals surface area contributed by atoms with Gasteiger partial charge in [0, 0.05) is 9.52 Å². The lowest BCUT2D eigenvalue weighted by Crippen LogP contribution is -2.01. The van der Waals surface area contributed by atoms with Gasteiger partial charge in [-0.2, -0.15) is 0 Å². The third-order valence-corrected chi connectivity index (χ3v) is 4.38. The molecule has 0 aliphatic heterocycles. The molecular formula is C10H12Si. The van der Waals surface area contributed by atoms with Gasteiger partial charge in [0.05, 0.1) is 0 Å². The SMILES string of the molecule is C1=CC([SiH2]C2C=CC=C2)C=C1. The first-order chi connectivity index (χ1) is 5.45. The maximum atomic E-state index is 2.33. The lowest BCUT2D eigenvalue weighted by molar-refractivity contribution is 1.28. The summed E-state index contributed by atoms with van der Waals surface area (Å²) in [7, 11) is 0.0170. The molecule has 0 amide bonds. The molecule has 0 spiro atoms. The van der Waals surface area contributed by atoms with E-state index in [0.29, 0.717) is 0 Å². The second-order valence-corrected chi connectivity index (χ2v) is 5.46. The second-order valence-electron chi connectivity index (χ2n) is 3.10. The molecule has 0 saturated carbocycles. The van der Waals surface area contributed by atoms with Crippen molar-refractivity contribution in [2.75, 3.05) is 0 Å². The summed E-state index contributed by atoms with van der Waals surface area (Å²) in [6.07, 6.45) is 18.0. The van der Waals surface area contributed by atoms with Crippen molar-refractivity contribution in [2.45, 2.75) is 11.1 Å². The molecule has 0 saturated heterocycles. The minimum absolute atomic E-state index is 0.0170. The van der Waals surface area contributed by atoms with Crippen LogP contribution in [0.5, 0.6) is 0 Å². The van der Waals surface area contributed by atoms with Gasteiger partial charge in [0.15, 0.2) is 0 Å². The predicted octanol–water partition coefficient (Wildman–Crippen LogP) is 1.98. The lowest BCUT2D eigenvalue weighted by atomic mass is 10.4. The highest BCUT2D eigenvalue weighted by Gasteiger charge is 2.11. The highest BCUT2D eigenvalue weighted by molar-refractivity contribution is 6.43. The van der Waals surface area contributed by atoms with E-state index < -0.39 is 0 Å². The highest BCUT2D eigenvalue weighted by atomic mass is 28.2. The molecule has 2 aliphatic carbocycles. The number of hydrogen-bond acceptors (Lipinski definition) is 0. The van der Waals surface area contributed by atoms with E-state index in [1.54, 1.807) is 0 Å². The van der Waals surface area contributed by atoms with Gasteiger partial charge in [-0.3, -0.25) is 0 Å². The van der Waals surface area contributed by atoms with Crippen LogP contribution in [0.1, 0.15) is 0 Å². The van der Waals surface area contributed by atoms with Gasteiger partial charge in [-0.15, -0.1) is 0 Å². The first kappa shape index (κ1) is 6.86. The van der Waals surface area contributed by atoms with Crippen molar-refractivity contribution in [2.24, 2.45) is 0 Å². The Morgan fingerprint density at radius 1 is 0.636 bits per heavy atom. The van der Waals surface area contributed by atoms with Crippen molar-refractivity contribution in [1.29, 1.82) is 0 Å². The molecule has 0 unspecified atom stereocenters. The monoisotopic (exact) mass is 160 g/mol. The van der Waals surface area contributed by atoms with Crippen molar-refractivity contribution in [3.8, 4) is 0 Å². The zero-order chi connectivity index (χ0) is 7.52. The fourth-order valence-corrected chi connectivity index (χ4v) is 3.47. The van der Waals surface area contributed by atoms with Crippen LogP contribution >= 0.6 is 0 Å². The molecule has 0 N–H and O–H groups in total. The Balaban J connectivity index is 1.90. The largest absolute Gasteiger partial charge is 0.0810 e. The molecule has 2 aliphatic rings. The second kappa shape index (κ2) is 3.05. The first-order valence-electron chi connectivity index (χ1n) is 4.15. The smallest absolute Gasteiger partial charge is 0.0452 e. The maximum Gasteiger partial charge on any atom is 0.0452 e. The minimum Gasteiger partial charge on any atom is -0.0810 e. The Hall–Kier alpha value is -0.823. The molecule has 0 bridgehead atoms. The minimum atomic E-state index is 0.0170. The van der Waals surface area contributed by atoms with Gasteiger partial charge >= 0.3 is 0 Å². The van der Waals surface area contributed by atoms with Gasteiger partial charge in [0.25, 0.3) is 0 Å². The van der Waals surface area contributed by atoms with Crippen LogP contribution in [0, 0.1) is 0 Å². The number of allylic oxidation sites excluding steroid dienone is 8. The molecule has 0 aromatic heterocycles. The van der Waals surface area contributed by atoms with Crippen molar-refractivity contribution < 1.29 is 0 Å². The average Bonchev–Trinajstić information content (AvgIpc) is 2.60. The maximum absolute atomic E-state index is 2.33. The van der Waals surface area contributed by atoms with Crippen molar-refractivity contribution in [3.05, 3.63) is 48.6 Å². The zero-order valence-electron chi connectivity index (χ0n) is 6.48. The lowest BCUT2D eigenvalue weighted by Gasteiger charge is -2.06. The molecule has 0 atom stereocenters. The first-order valence-corrected chi connectivity index (χ1v) is 5.78. The Morgan fingerprint density at radius 2 is 1.00 bits per heavy atom. The van der Waals surface area contributed by atoms with Gasteiger partial charge in [0.2, 0.25) is 0 Å². The van der Waals surface area contributed by atoms with E-state index >= 15 is 0 Å². The Bertz CT molecular complexity index is 196. The summed E-state index contributed by atoms with van der Waals surface area (Å²) >= 11 is 0. The van der Waals surface area contributed by atoms with E-state index in [-0.39, 0.29) is 9.52 Å². The van der Waals surface area contributed by atoms with Crippen LogP contribution in [-0.2, 0) is 0 Å². The fourth-order valence-electron chi connectivity index (χ4n) is 1.58. The quantitative estimate of drug-likeness (QED) is 0.542. The third kappa shape index (κ3) is 1.60. The Labute approximate surface area is 69.8 Å². The van der Waals surface area contributed by atoms with E-state index in [0.717, 1.165) is 11.1 Å². The van der Waals surface area contributed by atoms with Crippen molar-refractivity contribution in [3.63, 3.8) is 0 Å².